The van der Waals surface area contributed by atoms with E-state index in [0.717, 1.165) is 25.0 Å². The van der Waals surface area contributed by atoms with Gasteiger partial charge in [-0.25, -0.2) is 4.79 Å². The fourth-order valence-electron chi connectivity index (χ4n) is 2.59. The van der Waals surface area contributed by atoms with E-state index < -0.39 is 35.9 Å². The third-order valence-electron chi connectivity index (χ3n) is 4.08. The Morgan fingerprint density at radius 2 is 1.74 bits per heavy atom. The standard InChI is InChI=1S/C22H24F3NO5/c1-3-5-12-30-18-11-10-15(13-19(18)29-4-2)21(28)31-14-20(27)26-17-9-7-6-8-16(17)22(23,24)25/h6-11,13H,3-5,12,14H2,1-2H3,(H,26,27). The van der Waals surface area contributed by atoms with Crippen LogP contribution in [0, 0.1) is 0 Å². The summed E-state index contributed by atoms with van der Waals surface area (Å²) in [4.78, 5) is 24.3. The van der Waals surface area contributed by atoms with E-state index in [2.05, 4.69) is 5.32 Å². The van der Waals surface area contributed by atoms with Crippen molar-refractivity contribution in [2.75, 3.05) is 25.1 Å². The fraction of sp³-hybridized carbons (Fsp3) is 0.364. The Labute approximate surface area is 178 Å². The minimum absolute atomic E-state index is 0.120. The number of nitrogens with one attached hydrogen (secondary N) is 1. The Morgan fingerprint density at radius 1 is 1.00 bits per heavy atom. The number of para-hydroxylation sites is 1. The maximum Gasteiger partial charge on any atom is 0.418 e. The van der Waals surface area contributed by atoms with E-state index in [1.807, 2.05) is 6.92 Å². The second kappa shape index (κ2) is 11.2. The molecule has 0 unspecified atom stereocenters. The average molecular weight is 439 g/mol. The van der Waals surface area contributed by atoms with Gasteiger partial charge in [0.05, 0.1) is 30.0 Å². The number of amides is 1. The number of rotatable bonds is 10. The van der Waals surface area contributed by atoms with Crippen LogP contribution in [-0.2, 0) is 15.7 Å². The fourth-order valence-corrected chi connectivity index (χ4v) is 2.59. The van der Waals surface area contributed by atoms with Crippen molar-refractivity contribution in [3.05, 3.63) is 53.6 Å². The Hall–Kier alpha value is -3.23. The van der Waals surface area contributed by atoms with Gasteiger partial charge < -0.3 is 19.5 Å². The van der Waals surface area contributed by atoms with Crippen molar-refractivity contribution >= 4 is 17.6 Å². The summed E-state index contributed by atoms with van der Waals surface area (Å²) in [6.07, 6.45) is -2.80. The lowest BCUT2D eigenvalue weighted by Gasteiger charge is -2.14. The molecule has 1 N–H and O–H groups in total. The van der Waals surface area contributed by atoms with Crippen LogP contribution in [0.4, 0.5) is 18.9 Å². The molecule has 31 heavy (non-hydrogen) atoms. The molecular weight excluding hydrogens is 415 g/mol. The molecule has 0 aliphatic carbocycles. The second-order valence-electron chi connectivity index (χ2n) is 6.46. The van der Waals surface area contributed by atoms with Crippen LogP contribution in [0.5, 0.6) is 11.5 Å². The average Bonchev–Trinajstić information content (AvgIpc) is 2.73. The van der Waals surface area contributed by atoms with Crippen molar-refractivity contribution in [3.63, 3.8) is 0 Å². The number of carbonyl (C=O) groups excluding carboxylic acids is 2. The van der Waals surface area contributed by atoms with E-state index in [-0.39, 0.29) is 5.56 Å². The largest absolute Gasteiger partial charge is 0.490 e. The zero-order valence-corrected chi connectivity index (χ0v) is 17.3. The molecule has 0 fully saturated rings. The highest BCUT2D eigenvalue weighted by Gasteiger charge is 2.33. The molecule has 2 aromatic carbocycles. The van der Waals surface area contributed by atoms with Gasteiger partial charge in [-0.2, -0.15) is 13.2 Å². The van der Waals surface area contributed by atoms with Gasteiger partial charge in [-0.15, -0.1) is 0 Å². The van der Waals surface area contributed by atoms with Crippen LogP contribution in [0.2, 0.25) is 0 Å². The summed E-state index contributed by atoms with van der Waals surface area (Å²) in [7, 11) is 0. The number of hydrogen-bond donors (Lipinski definition) is 1. The molecule has 0 bridgehead atoms. The van der Waals surface area contributed by atoms with Crippen molar-refractivity contribution in [2.45, 2.75) is 32.9 Å². The van der Waals surface area contributed by atoms with Gasteiger partial charge in [0.15, 0.2) is 18.1 Å². The van der Waals surface area contributed by atoms with E-state index in [9.17, 15) is 22.8 Å². The molecule has 2 aromatic rings. The molecule has 168 valence electrons. The van der Waals surface area contributed by atoms with Crippen molar-refractivity contribution < 1.29 is 37.0 Å². The van der Waals surface area contributed by atoms with Gasteiger partial charge in [0.2, 0.25) is 0 Å². The van der Waals surface area contributed by atoms with Gasteiger partial charge >= 0.3 is 12.1 Å². The predicted octanol–water partition coefficient (Wildman–Crippen LogP) is 5.08. The maximum absolute atomic E-state index is 13.0. The highest BCUT2D eigenvalue weighted by molar-refractivity contribution is 5.96. The normalized spacial score (nSPS) is 11.0. The quantitative estimate of drug-likeness (QED) is 0.413. The van der Waals surface area contributed by atoms with Crippen LogP contribution < -0.4 is 14.8 Å². The van der Waals surface area contributed by atoms with Crippen LogP contribution in [0.25, 0.3) is 0 Å². The topological polar surface area (TPSA) is 73.9 Å². The zero-order valence-electron chi connectivity index (χ0n) is 17.3. The SMILES string of the molecule is CCCCOc1ccc(C(=O)OCC(=O)Nc2ccccc2C(F)(F)F)cc1OCC. The van der Waals surface area contributed by atoms with Crippen LogP contribution >= 0.6 is 0 Å². The van der Waals surface area contributed by atoms with Gasteiger partial charge in [-0.3, -0.25) is 4.79 Å². The molecule has 0 aliphatic heterocycles. The minimum Gasteiger partial charge on any atom is -0.490 e. The Balaban J connectivity index is 2.01. The number of carbonyl (C=O) groups is 2. The van der Waals surface area contributed by atoms with E-state index in [1.165, 1.54) is 24.3 Å². The predicted molar refractivity (Wildman–Crippen MR) is 108 cm³/mol. The Kier molecular flexibility index (Phi) is 8.72. The van der Waals surface area contributed by atoms with Crippen molar-refractivity contribution in [1.29, 1.82) is 0 Å². The first kappa shape index (κ1) is 24.0. The van der Waals surface area contributed by atoms with Gasteiger partial charge in [0.1, 0.15) is 0 Å². The number of benzene rings is 2. The lowest BCUT2D eigenvalue weighted by atomic mass is 10.1. The van der Waals surface area contributed by atoms with Gasteiger partial charge in [-0.05, 0) is 43.7 Å². The van der Waals surface area contributed by atoms with Crippen LogP contribution in [0.1, 0.15) is 42.6 Å². The summed E-state index contributed by atoms with van der Waals surface area (Å²) in [6, 6.07) is 9.00. The number of ether oxygens (including phenoxy) is 3. The number of unbranched alkanes of at least 4 members (excludes halogenated alkanes) is 1. The van der Waals surface area contributed by atoms with Crippen molar-refractivity contribution in [2.24, 2.45) is 0 Å². The molecule has 0 heterocycles. The number of halogens is 3. The highest BCUT2D eigenvalue weighted by Crippen LogP contribution is 2.34. The Morgan fingerprint density at radius 3 is 2.42 bits per heavy atom. The molecule has 6 nitrogen and oxygen atoms in total. The molecule has 1 amide bonds. The number of hydrogen-bond acceptors (Lipinski definition) is 5. The molecule has 0 atom stereocenters. The van der Waals surface area contributed by atoms with Gasteiger partial charge in [0.25, 0.3) is 5.91 Å². The van der Waals surface area contributed by atoms with Gasteiger partial charge in [-0.1, -0.05) is 25.5 Å². The molecule has 0 aliphatic rings. The molecule has 0 saturated carbocycles. The number of alkyl halides is 3. The lowest BCUT2D eigenvalue weighted by molar-refractivity contribution is -0.137. The first-order valence-electron chi connectivity index (χ1n) is 9.79. The van der Waals surface area contributed by atoms with Gasteiger partial charge in [0, 0.05) is 0 Å². The van der Waals surface area contributed by atoms with E-state index in [0.29, 0.717) is 24.7 Å². The summed E-state index contributed by atoms with van der Waals surface area (Å²) in [5, 5.41) is 2.11. The third-order valence-corrected chi connectivity index (χ3v) is 4.08. The van der Waals surface area contributed by atoms with Crippen LogP contribution in [0.3, 0.4) is 0 Å². The molecule has 0 radical (unpaired) electrons. The lowest BCUT2D eigenvalue weighted by Crippen LogP contribution is -2.22. The molecule has 0 saturated heterocycles. The number of anilines is 1. The monoisotopic (exact) mass is 439 g/mol. The summed E-state index contributed by atoms with van der Waals surface area (Å²) in [6.45, 7) is 3.92. The maximum atomic E-state index is 13.0. The molecule has 0 aromatic heterocycles. The summed E-state index contributed by atoms with van der Waals surface area (Å²) < 4.78 is 55.1. The Bertz CT molecular complexity index is 899. The zero-order chi connectivity index (χ0) is 22.9. The molecule has 2 rings (SSSR count). The molecular formula is C22H24F3NO5. The second-order valence-corrected chi connectivity index (χ2v) is 6.46. The van der Waals surface area contributed by atoms with E-state index >= 15 is 0 Å². The smallest absolute Gasteiger partial charge is 0.418 e. The first-order chi connectivity index (χ1) is 14.8. The molecule has 9 heteroatoms. The highest BCUT2D eigenvalue weighted by atomic mass is 19.4. The summed E-state index contributed by atoms with van der Waals surface area (Å²) >= 11 is 0. The molecule has 0 spiro atoms. The third kappa shape index (κ3) is 7.20. The minimum atomic E-state index is -4.63. The van der Waals surface area contributed by atoms with E-state index in [1.54, 1.807) is 13.0 Å². The summed E-state index contributed by atoms with van der Waals surface area (Å²) in [5.74, 6) is -0.875. The first-order valence-corrected chi connectivity index (χ1v) is 9.79. The van der Waals surface area contributed by atoms with E-state index in [4.69, 9.17) is 14.2 Å². The van der Waals surface area contributed by atoms with Crippen molar-refractivity contribution in [3.8, 4) is 11.5 Å². The number of esters is 1. The van der Waals surface area contributed by atoms with Crippen LogP contribution in [0.15, 0.2) is 42.5 Å². The summed E-state index contributed by atoms with van der Waals surface area (Å²) in [5.41, 5.74) is -1.28. The van der Waals surface area contributed by atoms with Crippen LogP contribution in [-0.4, -0.2) is 31.7 Å². The van der Waals surface area contributed by atoms with Crippen molar-refractivity contribution in [1.82, 2.24) is 0 Å².